The third-order valence-corrected chi connectivity index (χ3v) is 5.76. The topological polar surface area (TPSA) is 83.3 Å². The molecule has 3 heterocycles. The van der Waals surface area contributed by atoms with E-state index in [4.69, 9.17) is 33.3 Å². The molecule has 0 saturated carbocycles. The summed E-state index contributed by atoms with van der Waals surface area (Å²) in [6.07, 6.45) is 7.22. The van der Waals surface area contributed by atoms with Gasteiger partial charge in [0.25, 0.3) is 0 Å². The van der Waals surface area contributed by atoms with E-state index in [1.54, 1.807) is 18.6 Å². The molecular weight excluding hydrogens is 401 g/mol. The quantitative estimate of drug-likeness (QED) is 0.664. The number of amides is 1. The first kappa shape index (κ1) is 19.0. The first-order chi connectivity index (χ1) is 13.6. The molecule has 0 spiro atoms. The summed E-state index contributed by atoms with van der Waals surface area (Å²) in [5.74, 6) is 0.383. The maximum atomic E-state index is 11.4. The van der Waals surface area contributed by atoms with Crippen LogP contribution >= 0.6 is 23.2 Å². The van der Waals surface area contributed by atoms with Gasteiger partial charge in [-0.15, -0.1) is 0 Å². The number of rotatable bonds is 5. The van der Waals surface area contributed by atoms with Gasteiger partial charge in [-0.2, -0.15) is 0 Å². The summed E-state index contributed by atoms with van der Waals surface area (Å²) in [5, 5.41) is 13.4. The van der Waals surface area contributed by atoms with Gasteiger partial charge in [0.15, 0.2) is 0 Å². The van der Waals surface area contributed by atoms with Crippen molar-refractivity contribution in [1.82, 2.24) is 19.9 Å². The summed E-state index contributed by atoms with van der Waals surface area (Å²) in [6, 6.07) is 5.75. The number of carbonyl (C=O) groups excluding carboxylic acids is 1. The standard InChI is InChI=1S/C19H19Cl2N5O2/c20-14-4-3-13-15(25-7-5-22-11-25)8-16(24-19(13)18(14)21)26-6-1-2-12(26)9-23-17(28)10-27/h3-5,7-8,11-12,27H,1-2,6,9-10H2,(H,23,28)/t12-/m0/s1. The van der Waals surface area contributed by atoms with Gasteiger partial charge in [0.2, 0.25) is 5.91 Å². The maximum Gasteiger partial charge on any atom is 0.245 e. The fourth-order valence-corrected chi connectivity index (χ4v) is 3.96. The number of hydrogen-bond donors (Lipinski definition) is 2. The van der Waals surface area contributed by atoms with E-state index in [9.17, 15) is 4.79 Å². The summed E-state index contributed by atoms with van der Waals surface area (Å²) in [4.78, 5) is 22.5. The maximum absolute atomic E-state index is 11.4. The Balaban J connectivity index is 1.78. The second-order valence-electron chi connectivity index (χ2n) is 6.68. The van der Waals surface area contributed by atoms with Crippen LogP contribution in [-0.2, 0) is 4.79 Å². The molecule has 1 aromatic carbocycles. The monoisotopic (exact) mass is 419 g/mol. The van der Waals surface area contributed by atoms with E-state index in [1.807, 2.05) is 22.9 Å². The second-order valence-corrected chi connectivity index (χ2v) is 7.46. The van der Waals surface area contributed by atoms with Crippen molar-refractivity contribution in [1.29, 1.82) is 0 Å². The average molecular weight is 420 g/mol. The Bertz CT molecular complexity index is 1010. The van der Waals surface area contributed by atoms with Gasteiger partial charge in [-0.3, -0.25) is 4.79 Å². The van der Waals surface area contributed by atoms with Crippen LogP contribution in [0.2, 0.25) is 10.0 Å². The van der Waals surface area contributed by atoms with Crippen LogP contribution in [0.15, 0.2) is 36.9 Å². The fraction of sp³-hybridized carbons (Fsp3) is 0.316. The SMILES string of the molecule is O=C(CO)NC[C@@H]1CCCN1c1cc(-n2ccnc2)c2ccc(Cl)c(Cl)c2n1. The molecule has 28 heavy (non-hydrogen) atoms. The van der Waals surface area contributed by atoms with E-state index in [0.29, 0.717) is 22.1 Å². The minimum Gasteiger partial charge on any atom is -0.387 e. The van der Waals surface area contributed by atoms with Crippen LogP contribution in [0, 0.1) is 0 Å². The van der Waals surface area contributed by atoms with E-state index in [1.165, 1.54) is 0 Å². The molecule has 9 heteroatoms. The molecular formula is C19H19Cl2N5O2. The number of halogens is 2. The number of hydrogen-bond acceptors (Lipinski definition) is 5. The van der Waals surface area contributed by atoms with Crippen molar-refractivity contribution < 1.29 is 9.90 Å². The number of benzene rings is 1. The van der Waals surface area contributed by atoms with Gasteiger partial charge in [-0.25, -0.2) is 9.97 Å². The van der Waals surface area contributed by atoms with E-state index in [-0.39, 0.29) is 11.9 Å². The minimum absolute atomic E-state index is 0.0917. The summed E-state index contributed by atoms with van der Waals surface area (Å²) in [6.45, 7) is 0.752. The van der Waals surface area contributed by atoms with Gasteiger partial charge >= 0.3 is 0 Å². The Morgan fingerprint density at radius 2 is 2.21 bits per heavy atom. The number of nitrogens with one attached hydrogen (secondary N) is 1. The number of carbonyl (C=O) groups is 1. The number of imidazole rings is 1. The molecule has 1 aliphatic rings. The highest BCUT2D eigenvalue weighted by Gasteiger charge is 2.27. The lowest BCUT2D eigenvalue weighted by Gasteiger charge is -2.27. The van der Waals surface area contributed by atoms with Gasteiger partial charge < -0.3 is 19.9 Å². The minimum atomic E-state index is -0.514. The van der Waals surface area contributed by atoms with Crippen LogP contribution < -0.4 is 10.2 Å². The molecule has 0 radical (unpaired) electrons. The molecule has 1 aliphatic heterocycles. The average Bonchev–Trinajstić information content (AvgIpc) is 3.40. The third-order valence-electron chi connectivity index (χ3n) is 4.97. The zero-order chi connectivity index (χ0) is 19.7. The van der Waals surface area contributed by atoms with Gasteiger partial charge in [0.1, 0.15) is 12.4 Å². The molecule has 0 bridgehead atoms. The smallest absolute Gasteiger partial charge is 0.245 e. The van der Waals surface area contributed by atoms with Gasteiger partial charge in [-0.1, -0.05) is 23.2 Å². The lowest BCUT2D eigenvalue weighted by atomic mass is 10.1. The first-order valence-electron chi connectivity index (χ1n) is 8.99. The van der Waals surface area contributed by atoms with E-state index < -0.39 is 6.61 Å². The highest BCUT2D eigenvalue weighted by atomic mass is 35.5. The van der Waals surface area contributed by atoms with Crippen molar-refractivity contribution in [3.63, 3.8) is 0 Å². The predicted octanol–water partition coefficient (Wildman–Crippen LogP) is 2.80. The molecule has 2 aromatic heterocycles. The summed E-state index contributed by atoms with van der Waals surface area (Å²) in [7, 11) is 0. The van der Waals surface area contributed by atoms with Crippen LogP contribution in [0.3, 0.4) is 0 Å². The molecule has 1 fully saturated rings. The molecule has 146 valence electrons. The number of pyridine rings is 1. The molecule has 1 saturated heterocycles. The van der Waals surface area contributed by atoms with E-state index >= 15 is 0 Å². The summed E-state index contributed by atoms with van der Waals surface area (Å²) in [5.41, 5.74) is 1.53. The van der Waals surface area contributed by atoms with Crippen molar-refractivity contribution in [3.8, 4) is 5.69 Å². The van der Waals surface area contributed by atoms with Crippen LogP contribution in [0.5, 0.6) is 0 Å². The molecule has 3 aromatic rings. The van der Waals surface area contributed by atoms with Gasteiger partial charge in [-0.05, 0) is 25.0 Å². The van der Waals surface area contributed by atoms with E-state index in [2.05, 4.69) is 15.2 Å². The van der Waals surface area contributed by atoms with Gasteiger partial charge in [0.05, 0.1) is 27.6 Å². The molecule has 2 N–H and O–H groups in total. The Labute approximate surface area is 171 Å². The number of nitrogens with zero attached hydrogens (tertiary/aromatic N) is 4. The lowest BCUT2D eigenvalue weighted by Crippen LogP contribution is -2.41. The Morgan fingerprint density at radius 3 is 2.96 bits per heavy atom. The normalized spacial score (nSPS) is 16.7. The molecule has 4 rings (SSSR count). The summed E-state index contributed by atoms with van der Waals surface area (Å²) >= 11 is 12.7. The van der Waals surface area contributed by atoms with E-state index in [0.717, 1.165) is 36.3 Å². The highest BCUT2D eigenvalue weighted by molar-refractivity contribution is 6.45. The lowest BCUT2D eigenvalue weighted by molar-refractivity contribution is -0.123. The number of aliphatic hydroxyl groups excluding tert-OH is 1. The van der Waals surface area contributed by atoms with Gasteiger partial charge in [0, 0.05) is 43.0 Å². The Morgan fingerprint density at radius 1 is 1.36 bits per heavy atom. The summed E-state index contributed by atoms with van der Waals surface area (Å²) < 4.78 is 1.91. The van der Waals surface area contributed by atoms with Crippen LogP contribution in [0.1, 0.15) is 12.8 Å². The van der Waals surface area contributed by atoms with Crippen molar-refractivity contribution >= 4 is 45.8 Å². The van der Waals surface area contributed by atoms with Crippen molar-refractivity contribution in [2.24, 2.45) is 0 Å². The van der Waals surface area contributed by atoms with Crippen LogP contribution in [0.4, 0.5) is 5.82 Å². The van der Waals surface area contributed by atoms with Crippen LogP contribution in [-0.4, -0.2) is 51.3 Å². The second kappa shape index (κ2) is 7.95. The van der Waals surface area contributed by atoms with Crippen molar-refractivity contribution in [2.45, 2.75) is 18.9 Å². The van der Waals surface area contributed by atoms with Crippen molar-refractivity contribution in [3.05, 3.63) is 47.0 Å². The number of fused-ring (bicyclic) bond motifs is 1. The molecule has 1 amide bonds. The first-order valence-corrected chi connectivity index (χ1v) is 9.75. The Kier molecular flexibility index (Phi) is 5.39. The highest BCUT2D eigenvalue weighted by Crippen LogP contribution is 2.36. The van der Waals surface area contributed by atoms with Crippen molar-refractivity contribution in [2.75, 3.05) is 24.6 Å². The largest absolute Gasteiger partial charge is 0.387 e. The molecule has 7 nitrogen and oxygen atoms in total. The predicted molar refractivity (Wildman–Crippen MR) is 109 cm³/mol. The molecule has 0 aliphatic carbocycles. The number of aliphatic hydroxyl groups is 1. The zero-order valence-electron chi connectivity index (χ0n) is 15.0. The molecule has 1 atom stereocenters. The fourth-order valence-electron chi connectivity index (χ4n) is 3.60. The number of anilines is 1. The number of aromatic nitrogens is 3. The Hall–Kier alpha value is -2.35. The molecule has 0 unspecified atom stereocenters. The zero-order valence-corrected chi connectivity index (χ0v) is 16.5. The third kappa shape index (κ3) is 3.53. The van der Waals surface area contributed by atoms with Crippen LogP contribution in [0.25, 0.3) is 16.6 Å².